The second-order valence-electron chi connectivity index (χ2n) is 15.9. The number of nitrogens with zero attached hydrogens (tertiary/aromatic N) is 5. The van der Waals surface area contributed by atoms with Crippen LogP contribution in [-0.2, 0) is 0 Å². The van der Waals surface area contributed by atoms with Crippen molar-refractivity contribution < 1.29 is 4.42 Å². The van der Waals surface area contributed by atoms with Crippen molar-refractivity contribution in [1.82, 2.24) is 23.9 Å². The molecule has 14 aromatic rings. The fourth-order valence-electron chi connectivity index (χ4n) is 10.1. The molecule has 0 radical (unpaired) electrons. The molecule has 6 heteroatoms. The van der Waals surface area contributed by atoms with E-state index in [1.807, 2.05) is 72.8 Å². The van der Waals surface area contributed by atoms with Crippen LogP contribution < -0.4 is 0 Å². The molecule has 0 aliphatic rings. The van der Waals surface area contributed by atoms with Gasteiger partial charge in [-0.3, -0.25) is 0 Å². The molecule has 0 N–H and O–H groups in total. The number of furan rings is 1. The van der Waals surface area contributed by atoms with Crippen molar-refractivity contribution >= 4 is 92.6 Å². The van der Waals surface area contributed by atoms with E-state index in [0.29, 0.717) is 17.5 Å². The minimum Gasteiger partial charge on any atom is -0.455 e. The van der Waals surface area contributed by atoms with E-state index in [4.69, 9.17) is 19.4 Å². The summed E-state index contributed by atoms with van der Waals surface area (Å²) < 4.78 is 11.9. The Labute approximate surface area is 347 Å². The van der Waals surface area contributed by atoms with Gasteiger partial charge in [-0.25, -0.2) is 15.0 Å². The van der Waals surface area contributed by atoms with Crippen molar-refractivity contribution in [2.45, 2.75) is 0 Å². The summed E-state index contributed by atoms with van der Waals surface area (Å²) in [5.41, 5.74) is 11.1. The molecule has 0 spiro atoms. The van der Waals surface area contributed by atoms with Gasteiger partial charge in [0, 0.05) is 48.8 Å². The van der Waals surface area contributed by atoms with E-state index in [-0.39, 0.29) is 0 Å². The Morgan fingerprint density at radius 2 is 1.02 bits per heavy atom. The maximum Gasteiger partial charge on any atom is 0.167 e. The van der Waals surface area contributed by atoms with Crippen molar-refractivity contribution in [2.24, 2.45) is 0 Å². The van der Waals surface area contributed by atoms with Crippen LogP contribution in [0.25, 0.3) is 132 Å². The van der Waals surface area contributed by atoms with Gasteiger partial charge < -0.3 is 13.4 Å². The second kappa shape index (κ2) is 12.1. The molecule has 0 saturated carbocycles. The van der Waals surface area contributed by atoms with Gasteiger partial charge >= 0.3 is 0 Å². The number of hydrogen-bond acceptors (Lipinski definition) is 4. The Kier molecular flexibility index (Phi) is 6.46. The van der Waals surface area contributed by atoms with Gasteiger partial charge in [-0.15, -0.1) is 0 Å². The Hall–Kier alpha value is -8.35. The van der Waals surface area contributed by atoms with Crippen molar-refractivity contribution in [3.8, 4) is 39.9 Å². The molecule has 6 nitrogen and oxygen atoms in total. The molecule has 0 atom stereocenters. The predicted octanol–water partition coefficient (Wildman–Crippen LogP) is 14.2. The van der Waals surface area contributed by atoms with Gasteiger partial charge in [0.1, 0.15) is 11.2 Å². The van der Waals surface area contributed by atoms with E-state index in [9.17, 15) is 0 Å². The van der Waals surface area contributed by atoms with E-state index < -0.39 is 0 Å². The highest BCUT2D eigenvalue weighted by molar-refractivity contribution is 6.29. The third-order valence-corrected chi connectivity index (χ3v) is 12.7. The maximum absolute atomic E-state index is 6.94. The van der Waals surface area contributed by atoms with E-state index in [2.05, 4.69) is 124 Å². The minimum absolute atomic E-state index is 0.551. The number of hydrogen-bond donors (Lipinski definition) is 0. The number of aromatic nitrogens is 5. The molecule has 0 saturated heterocycles. The average Bonchev–Trinajstić information content (AvgIpc) is 4.07. The molecule has 282 valence electrons. The van der Waals surface area contributed by atoms with Gasteiger partial charge in [0.15, 0.2) is 17.5 Å². The molecule has 0 aliphatic heterocycles. The van der Waals surface area contributed by atoms with Gasteiger partial charge in [-0.2, -0.15) is 0 Å². The van der Waals surface area contributed by atoms with Crippen LogP contribution in [0.15, 0.2) is 192 Å². The molecule has 61 heavy (non-hydrogen) atoms. The van der Waals surface area contributed by atoms with Crippen molar-refractivity contribution in [2.75, 3.05) is 0 Å². The first-order valence-corrected chi connectivity index (χ1v) is 20.6. The predicted molar refractivity (Wildman–Crippen MR) is 250 cm³/mol. The molecule has 14 rings (SSSR count). The monoisotopic (exact) mass is 777 g/mol. The number of fused-ring (bicyclic) bond motifs is 14. The Bertz CT molecular complexity index is 4050. The van der Waals surface area contributed by atoms with Crippen LogP contribution in [-0.4, -0.2) is 23.9 Å². The molecular weight excluding hydrogens is 747 g/mol. The quantitative estimate of drug-likeness (QED) is 0.179. The first-order chi connectivity index (χ1) is 30.3. The summed E-state index contributed by atoms with van der Waals surface area (Å²) >= 11 is 0. The first-order valence-electron chi connectivity index (χ1n) is 20.6. The number of benzene rings is 9. The molecule has 0 aliphatic carbocycles. The summed E-state index contributed by atoms with van der Waals surface area (Å²) in [4.78, 5) is 15.3. The first kappa shape index (κ1) is 32.6. The molecular formula is C55H31N5O. The summed E-state index contributed by atoms with van der Waals surface area (Å²) in [6, 6.07) is 66.5. The standard InChI is InChI=1S/C55H31N5O/c1-3-15-33(16-4-1)53-56-54(34-17-5-2-6-18-34)58-55(57-53)40-27-29-45(50-39-21-10-12-25-48(39)61-52(40)50)59-44-28-26-32-14-7-8-19-35(32)49(44)42-30-41-38-23-13-22-37-36-20-9-11-24-43(36)60(51(37)38)46(41)31-47(42)59/h1-31H. The lowest BCUT2D eigenvalue weighted by Crippen LogP contribution is -2.01. The van der Waals surface area contributed by atoms with E-state index in [1.165, 1.54) is 59.6 Å². The van der Waals surface area contributed by atoms with E-state index >= 15 is 0 Å². The molecule has 0 bridgehead atoms. The zero-order chi connectivity index (χ0) is 39.8. The summed E-state index contributed by atoms with van der Waals surface area (Å²) in [6.07, 6.45) is 0. The van der Waals surface area contributed by atoms with Crippen LogP contribution in [0, 0.1) is 0 Å². The molecule has 0 unspecified atom stereocenters. The molecule has 9 aromatic carbocycles. The van der Waals surface area contributed by atoms with E-state index in [0.717, 1.165) is 55.3 Å². The highest BCUT2D eigenvalue weighted by Crippen LogP contribution is 2.46. The van der Waals surface area contributed by atoms with Gasteiger partial charge in [0.25, 0.3) is 0 Å². The Balaban J connectivity index is 1.12. The van der Waals surface area contributed by atoms with Crippen LogP contribution in [0.5, 0.6) is 0 Å². The van der Waals surface area contributed by atoms with Crippen LogP contribution in [0.1, 0.15) is 0 Å². The molecule has 5 heterocycles. The zero-order valence-corrected chi connectivity index (χ0v) is 32.5. The fourth-order valence-corrected chi connectivity index (χ4v) is 10.1. The normalized spacial score (nSPS) is 12.3. The maximum atomic E-state index is 6.94. The van der Waals surface area contributed by atoms with Crippen molar-refractivity contribution in [3.63, 3.8) is 0 Å². The van der Waals surface area contributed by atoms with Crippen LogP contribution in [0.2, 0.25) is 0 Å². The lowest BCUT2D eigenvalue weighted by Gasteiger charge is -2.13. The van der Waals surface area contributed by atoms with Gasteiger partial charge in [0.2, 0.25) is 0 Å². The fraction of sp³-hybridized carbons (Fsp3) is 0. The summed E-state index contributed by atoms with van der Waals surface area (Å²) in [5.74, 6) is 1.76. The lowest BCUT2D eigenvalue weighted by atomic mass is 10.0. The Morgan fingerprint density at radius 1 is 0.377 bits per heavy atom. The zero-order valence-electron chi connectivity index (χ0n) is 32.5. The van der Waals surface area contributed by atoms with Crippen LogP contribution in [0.3, 0.4) is 0 Å². The van der Waals surface area contributed by atoms with Crippen molar-refractivity contribution in [1.29, 1.82) is 0 Å². The Morgan fingerprint density at radius 3 is 1.80 bits per heavy atom. The molecule has 5 aromatic heterocycles. The van der Waals surface area contributed by atoms with Gasteiger partial charge in [-0.1, -0.05) is 146 Å². The molecule has 0 amide bonds. The highest BCUT2D eigenvalue weighted by Gasteiger charge is 2.25. The SMILES string of the molecule is c1ccc(-c2nc(-c3ccccc3)nc(-c3ccc(-n4c5cc6c(cc5c5c7ccccc7ccc54)c4cccc5c7ccccc7n6c54)c4c3oc3ccccc34)n2)cc1. The summed E-state index contributed by atoms with van der Waals surface area (Å²) in [5, 5.41) is 12.0. The van der Waals surface area contributed by atoms with Crippen LogP contribution in [0.4, 0.5) is 0 Å². The highest BCUT2D eigenvalue weighted by atomic mass is 16.3. The summed E-state index contributed by atoms with van der Waals surface area (Å²) in [7, 11) is 0. The third-order valence-electron chi connectivity index (χ3n) is 12.7. The number of para-hydroxylation sites is 3. The van der Waals surface area contributed by atoms with Crippen LogP contribution >= 0.6 is 0 Å². The molecule has 0 fully saturated rings. The van der Waals surface area contributed by atoms with Gasteiger partial charge in [0.05, 0.1) is 44.2 Å². The number of rotatable bonds is 4. The minimum atomic E-state index is 0.551. The lowest BCUT2D eigenvalue weighted by molar-refractivity contribution is 0.669. The topological polar surface area (TPSA) is 61.2 Å². The van der Waals surface area contributed by atoms with Crippen molar-refractivity contribution in [3.05, 3.63) is 188 Å². The van der Waals surface area contributed by atoms with E-state index in [1.54, 1.807) is 0 Å². The average molecular weight is 778 g/mol. The largest absolute Gasteiger partial charge is 0.455 e. The third kappa shape index (κ3) is 4.48. The van der Waals surface area contributed by atoms with Gasteiger partial charge in [-0.05, 0) is 53.2 Å². The summed E-state index contributed by atoms with van der Waals surface area (Å²) in [6.45, 7) is 0. The smallest absolute Gasteiger partial charge is 0.167 e. The second-order valence-corrected chi connectivity index (χ2v) is 15.9.